The highest BCUT2D eigenvalue weighted by atomic mass is 32.2. The van der Waals surface area contributed by atoms with Gasteiger partial charge in [0.25, 0.3) is 0 Å². The summed E-state index contributed by atoms with van der Waals surface area (Å²) in [7, 11) is -11.8. The number of aryl methyl sites for hydroxylation is 4. The second-order valence-electron chi connectivity index (χ2n) is 8.76. The molecule has 1 aliphatic rings. The quantitative estimate of drug-likeness (QED) is 0.520. The van der Waals surface area contributed by atoms with Crippen LogP contribution in [-0.2, 0) is 29.9 Å². The van der Waals surface area contributed by atoms with Crippen LogP contribution in [0.3, 0.4) is 0 Å². The largest absolute Gasteiger partial charge is 0.390 e. The number of hydrogen-bond acceptors (Lipinski definition) is 7. The van der Waals surface area contributed by atoms with Crippen LogP contribution in [0.15, 0.2) is 46.2 Å². The van der Waals surface area contributed by atoms with E-state index in [9.17, 15) is 30.4 Å². The first-order valence-electron chi connectivity index (χ1n) is 10.7. The molecule has 1 fully saturated rings. The Bertz CT molecular complexity index is 1400. The Morgan fingerprint density at radius 2 is 1.44 bits per heavy atom. The van der Waals surface area contributed by atoms with Crippen LogP contribution in [0.1, 0.15) is 22.3 Å². The summed E-state index contributed by atoms with van der Waals surface area (Å²) >= 11 is 0. The highest BCUT2D eigenvalue weighted by molar-refractivity contribution is 7.92. The highest BCUT2D eigenvalue weighted by Gasteiger charge is 2.45. The van der Waals surface area contributed by atoms with Crippen LogP contribution in [0, 0.1) is 27.7 Å². The number of nitrogens with zero attached hydrogens (tertiary/aromatic N) is 1. The van der Waals surface area contributed by atoms with Crippen molar-refractivity contribution in [3.05, 3.63) is 58.7 Å². The number of nitrogens with one attached hydrogen (secondary N) is 1. The zero-order valence-corrected chi connectivity index (χ0v) is 22.0. The number of hydrogen-bond donors (Lipinski definition) is 2. The van der Waals surface area contributed by atoms with Gasteiger partial charge in [-0.15, -0.1) is 0 Å². The zero-order valence-electron chi connectivity index (χ0n) is 19.5. The number of benzene rings is 2. The molecular weight excluding hydrogens is 500 g/mol. The van der Waals surface area contributed by atoms with E-state index in [1.165, 1.54) is 12.1 Å². The molecule has 3 rings (SSSR count). The van der Waals surface area contributed by atoms with Crippen LogP contribution < -0.4 is 4.72 Å². The Kier molecular flexibility index (Phi) is 7.61. The van der Waals surface area contributed by atoms with Crippen molar-refractivity contribution in [3.63, 3.8) is 0 Å². The number of sulfonamides is 2. The lowest BCUT2D eigenvalue weighted by Gasteiger charge is -2.30. The lowest BCUT2D eigenvalue weighted by molar-refractivity contribution is 0.128. The van der Waals surface area contributed by atoms with Crippen molar-refractivity contribution in [2.75, 3.05) is 24.6 Å². The molecule has 0 radical (unpaired) electrons. The second-order valence-corrected chi connectivity index (χ2v) is 14.5. The van der Waals surface area contributed by atoms with Crippen molar-refractivity contribution in [1.82, 2.24) is 9.03 Å². The first kappa shape index (κ1) is 26.8. The number of sulfone groups is 1. The number of aliphatic hydroxyl groups is 1. The van der Waals surface area contributed by atoms with Crippen LogP contribution in [-0.4, -0.2) is 71.4 Å². The Hall–Kier alpha value is -1.83. The minimum atomic E-state index is -4.24. The van der Waals surface area contributed by atoms with Gasteiger partial charge in [0.2, 0.25) is 20.0 Å². The van der Waals surface area contributed by atoms with Crippen molar-refractivity contribution < 1.29 is 30.4 Å². The maximum Gasteiger partial charge on any atom is 0.243 e. The van der Waals surface area contributed by atoms with E-state index < -0.39 is 53.5 Å². The van der Waals surface area contributed by atoms with E-state index >= 15 is 0 Å². The molecule has 0 unspecified atom stereocenters. The van der Waals surface area contributed by atoms with E-state index in [0.29, 0.717) is 11.1 Å². The van der Waals surface area contributed by atoms with Crippen molar-refractivity contribution in [3.8, 4) is 0 Å². The molecule has 0 aliphatic carbocycles. The molecule has 1 heterocycles. The Balaban J connectivity index is 1.92. The van der Waals surface area contributed by atoms with Crippen LogP contribution in [0.2, 0.25) is 0 Å². The summed E-state index contributed by atoms with van der Waals surface area (Å²) in [6, 6.07) is 8.40. The highest BCUT2D eigenvalue weighted by Crippen LogP contribution is 2.27. The van der Waals surface area contributed by atoms with Gasteiger partial charge < -0.3 is 5.11 Å². The van der Waals surface area contributed by atoms with Gasteiger partial charge in [0.15, 0.2) is 9.84 Å². The number of aliphatic hydroxyl groups excluding tert-OH is 1. The summed E-state index contributed by atoms with van der Waals surface area (Å²) in [4.78, 5) is 0.0530. The average Bonchev–Trinajstić information content (AvgIpc) is 2.96. The minimum absolute atomic E-state index is 0.0214. The first-order chi connectivity index (χ1) is 15.6. The van der Waals surface area contributed by atoms with Gasteiger partial charge in [0.1, 0.15) is 0 Å². The van der Waals surface area contributed by atoms with Gasteiger partial charge in [-0.05, 0) is 51.0 Å². The third-order valence-corrected chi connectivity index (χ3v) is 11.2. The first-order valence-corrected chi connectivity index (χ1v) is 15.4. The molecule has 0 saturated carbocycles. The van der Waals surface area contributed by atoms with E-state index in [1.807, 2.05) is 13.8 Å². The van der Waals surface area contributed by atoms with Crippen LogP contribution in [0.4, 0.5) is 0 Å². The third kappa shape index (κ3) is 5.69. The van der Waals surface area contributed by atoms with E-state index in [2.05, 4.69) is 4.72 Å². The molecule has 12 heteroatoms. The van der Waals surface area contributed by atoms with Gasteiger partial charge in [0.05, 0.1) is 33.4 Å². The predicted octanol–water partition coefficient (Wildman–Crippen LogP) is 1.05. The number of rotatable bonds is 8. The van der Waals surface area contributed by atoms with Crippen molar-refractivity contribution in [1.29, 1.82) is 0 Å². The minimum Gasteiger partial charge on any atom is -0.390 e. The lowest BCUT2D eigenvalue weighted by atomic mass is 10.2. The Labute approximate surface area is 201 Å². The summed E-state index contributed by atoms with van der Waals surface area (Å²) in [6.07, 6.45) is -1.42. The summed E-state index contributed by atoms with van der Waals surface area (Å²) in [5.41, 5.74) is 2.77. The summed E-state index contributed by atoms with van der Waals surface area (Å²) < 4.78 is 80.3. The second kappa shape index (κ2) is 9.67. The average molecular weight is 531 g/mol. The van der Waals surface area contributed by atoms with Crippen molar-refractivity contribution in [2.24, 2.45) is 0 Å². The Morgan fingerprint density at radius 1 is 0.912 bits per heavy atom. The smallest absolute Gasteiger partial charge is 0.243 e. The molecule has 34 heavy (non-hydrogen) atoms. The fourth-order valence-electron chi connectivity index (χ4n) is 4.23. The monoisotopic (exact) mass is 530 g/mol. The van der Waals surface area contributed by atoms with Crippen LogP contribution in [0.25, 0.3) is 0 Å². The van der Waals surface area contributed by atoms with Crippen LogP contribution in [0.5, 0.6) is 0 Å². The molecular formula is C22H30N2O7S3. The molecule has 188 valence electrons. The van der Waals surface area contributed by atoms with E-state index in [-0.39, 0.29) is 22.9 Å². The van der Waals surface area contributed by atoms with Gasteiger partial charge >= 0.3 is 0 Å². The fourth-order valence-corrected chi connectivity index (χ4v) is 9.24. The van der Waals surface area contributed by atoms with E-state index in [4.69, 9.17) is 0 Å². The normalized spacial score (nSPS) is 20.6. The van der Waals surface area contributed by atoms with Crippen LogP contribution >= 0.6 is 0 Å². The summed E-state index contributed by atoms with van der Waals surface area (Å²) in [5, 5.41) is 10.4. The van der Waals surface area contributed by atoms with Crippen molar-refractivity contribution >= 4 is 29.9 Å². The van der Waals surface area contributed by atoms with E-state index in [1.54, 1.807) is 38.1 Å². The molecule has 0 spiro atoms. The molecule has 0 aromatic heterocycles. The fraction of sp³-hybridized carbons (Fsp3) is 0.455. The molecule has 1 aliphatic heterocycles. The van der Waals surface area contributed by atoms with Gasteiger partial charge in [-0.3, -0.25) is 0 Å². The molecule has 9 nitrogen and oxygen atoms in total. The van der Waals surface area contributed by atoms with Gasteiger partial charge in [-0.2, -0.15) is 4.31 Å². The SMILES string of the molecule is Cc1ccc(S(=O)(=O)NCCN([C@H]2CS(=O)(=O)C[C@@H]2O)S(=O)(=O)c2ccc(C)cc2C)c(C)c1. The molecule has 2 atom stereocenters. The molecule has 2 N–H and O–H groups in total. The summed E-state index contributed by atoms with van der Waals surface area (Å²) in [5.74, 6) is -1.09. The molecule has 0 bridgehead atoms. The van der Waals surface area contributed by atoms with Gasteiger partial charge in [-0.25, -0.2) is 30.0 Å². The topological polar surface area (TPSA) is 138 Å². The standard InChI is InChI=1S/C22H30N2O7S3/c1-15-5-7-21(17(3)11-15)33(28,29)23-9-10-24(19-13-32(26,27)14-20(19)25)34(30,31)22-8-6-16(2)12-18(22)4/h5-8,11-12,19-20,23,25H,9-10,13-14H2,1-4H3/t19-,20-/m0/s1. The maximum atomic E-state index is 13.6. The molecule has 2 aromatic rings. The zero-order chi connectivity index (χ0) is 25.5. The molecule has 2 aromatic carbocycles. The predicted molar refractivity (Wildman–Crippen MR) is 129 cm³/mol. The molecule has 0 amide bonds. The third-order valence-electron chi connectivity index (χ3n) is 5.82. The molecule has 1 saturated heterocycles. The maximum absolute atomic E-state index is 13.6. The van der Waals surface area contributed by atoms with Crippen molar-refractivity contribution in [2.45, 2.75) is 49.6 Å². The lowest BCUT2D eigenvalue weighted by Crippen LogP contribution is -2.49. The Morgan fingerprint density at radius 3 is 1.91 bits per heavy atom. The summed E-state index contributed by atoms with van der Waals surface area (Å²) in [6.45, 7) is 6.30. The van der Waals surface area contributed by atoms with Gasteiger partial charge in [0, 0.05) is 13.1 Å². The van der Waals surface area contributed by atoms with Gasteiger partial charge in [-0.1, -0.05) is 35.4 Å². The van der Waals surface area contributed by atoms with E-state index in [0.717, 1.165) is 15.4 Å².